The maximum atomic E-state index is 12.8. The molecule has 25 heavy (non-hydrogen) atoms. The van der Waals surface area contributed by atoms with Gasteiger partial charge < -0.3 is 14.5 Å². The van der Waals surface area contributed by atoms with Crippen molar-refractivity contribution in [3.05, 3.63) is 12.7 Å². The minimum absolute atomic E-state index is 0.0753. The summed E-state index contributed by atoms with van der Waals surface area (Å²) in [6, 6.07) is -0.739. The molecule has 0 saturated carbocycles. The van der Waals surface area contributed by atoms with Gasteiger partial charge in [0.2, 0.25) is 11.8 Å². The van der Waals surface area contributed by atoms with Crippen LogP contribution in [0.2, 0.25) is 0 Å². The lowest BCUT2D eigenvalue weighted by atomic mass is 10.0. The predicted molar refractivity (Wildman–Crippen MR) is 96.9 cm³/mol. The van der Waals surface area contributed by atoms with Crippen LogP contribution in [0, 0.1) is 0 Å². The number of carbonyl (C=O) groups is 3. The summed E-state index contributed by atoms with van der Waals surface area (Å²) in [5.41, 5.74) is 0. The van der Waals surface area contributed by atoms with E-state index in [4.69, 9.17) is 4.74 Å². The van der Waals surface area contributed by atoms with Crippen LogP contribution in [0.1, 0.15) is 58.8 Å². The van der Waals surface area contributed by atoms with Crippen LogP contribution in [0.3, 0.4) is 0 Å². The highest BCUT2D eigenvalue weighted by molar-refractivity contribution is 5.96. The second kappa shape index (κ2) is 11.7. The van der Waals surface area contributed by atoms with Crippen LogP contribution in [0.15, 0.2) is 12.7 Å². The van der Waals surface area contributed by atoms with Crippen LogP contribution in [-0.2, 0) is 19.1 Å². The van der Waals surface area contributed by atoms with E-state index in [2.05, 4.69) is 20.4 Å². The summed E-state index contributed by atoms with van der Waals surface area (Å²) in [6.07, 6.45) is 7.21. The van der Waals surface area contributed by atoms with Crippen LogP contribution in [0.25, 0.3) is 0 Å². The maximum absolute atomic E-state index is 12.8. The molecule has 0 aromatic heterocycles. The van der Waals surface area contributed by atoms with Crippen molar-refractivity contribution in [2.75, 3.05) is 26.2 Å². The van der Waals surface area contributed by atoms with E-state index in [0.29, 0.717) is 13.1 Å². The van der Waals surface area contributed by atoms with Gasteiger partial charge in [0.05, 0.1) is 13.0 Å². The van der Waals surface area contributed by atoms with Gasteiger partial charge in [-0.15, -0.1) is 0 Å². The number of rotatable bonds is 12. The van der Waals surface area contributed by atoms with Gasteiger partial charge in [0, 0.05) is 13.1 Å². The van der Waals surface area contributed by atoms with Gasteiger partial charge in [0.1, 0.15) is 12.6 Å². The smallest absolute Gasteiger partial charge is 0.308 e. The minimum atomic E-state index is -0.739. The molecule has 2 amide bonds. The van der Waals surface area contributed by atoms with Gasteiger partial charge in [-0.3, -0.25) is 14.4 Å². The zero-order valence-corrected chi connectivity index (χ0v) is 15.7. The van der Waals surface area contributed by atoms with Crippen LogP contribution in [0.5, 0.6) is 0 Å². The molecule has 1 heterocycles. The molecule has 0 N–H and O–H groups in total. The Kier molecular flexibility index (Phi) is 9.88. The summed E-state index contributed by atoms with van der Waals surface area (Å²) in [5, 5.41) is 0. The van der Waals surface area contributed by atoms with Crippen molar-refractivity contribution < 1.29 is 19.1 Å². The van der Waals surface area contributed by atoms with Gasteiger partial charge >= 0.3 is 5.97 Å². The van der Waals surface area contributed by atoms with Crippen molar-refractivity contribution in [2.45, 2.75) is 64.8 Å². The van der Waals surface area contributed by atoms with Gasteiger partial charge in [-0.1, -0.05) is 52.2 Å². The molecular formula is C19H32N2O4. The van der Waals surface area contributed by atoms with Gasteiger partial charge in [0.25, 0.3) is 0 Å². The third-order valence-electron chi connectivity index (χ3n) is 4.38. The first kappa shape index (κ1) is 21.2. The zero-order chi connectivity index (χ0) is 18.7. The van der Waals surface area contributed by atoms with Crippen molar-refractivity contribution in [3.8, 4) is 0 Å². The van der Waals surface area contributed by atoms with Gasteiger partial charge in [0.15, 0.2) is 0 Å². The maximum Gasteiger partial charge on any atom is 0.308 e. The van der Waals surface area contributed by atoms with E-state index in [1.165, 1.54) is 6.08 Å². The predicted octanol–water partition coefficient (Wildman–Crippen LogP) is 2.53. The van der Waals surface area contributed by atoms with E-state index >= 15 is 0 Å². The quantitative estimate of drug-likeness (QED) is 0.307. The standard InChI is InChI=1S/C19H32N2O4/c1-4-7-9-11-20-15-17(22)21(12-10-8-5-2)16(19(20)24)14-18(23)25-13-6-3/h6,16H,3-5,7-15H2,1-2H3. The lowest BCUT2D eigenvalue weighted by Gasteiger charge is -2.40. The Hall–Kier alpha value is -1.85. The Morgan fingerprint density at radius 2 is 1.80 bits per heavy atom. The summed E-state index contributed by atoms with van der Waals surface area (Å²) in [6.45, 7) is 9.00. The molecule has 1 fully saturated rings. The number of hydrogen-bond donors (Lipinski definition) is 0. The summed E-state index contributed by atoms with van der Waals surface area (Å²) < 4.78 is 5.02. The van der Waals surface area contributed by atoms with Crippen molar-refractivity contribution >= 4 is 17.8 Å². The zero-order valence-electron chi connectivity index (χ0n) is 15.7. The van der Waals surface area contributed by atoms with Crippen molar-refractivity contribution in [3.63, 3.8) is 0 Å². The second-order valence-corrected chi connectivity index (χ2v) is 6.45. The van der Waals surface area contributed by atoms with E-state index in [1.54, 1.807) is 9.80 Å². The SMILES string of the molecule is C=CCOC(=O)CC1C(=O)N(CCCCC)CC(=O)N1CCCCC. The number of ether oxygens (including phenoxy) is 1. The lowest BCUT2D eigenvalue weighted by Crippen LogP contribution is -2.60. The molecule has 142 valence electrons. The minimum Gasteiger partial charge on any atom is -0.461 e. The topological polar surface area (TPSA) is 66.9 Å². The van der Waals surface area contributed by atoms with Gasteiger partial charge in [-0.2, -0.15) is 0 Å². The highest BCUT2D eigenvalue weighted by Crippen LogP contribution is 2.18. The molecule has 6 heteroatoms. The second-order valence-electron chi connectivity index (χ2n) is 6.45. The van der Waals surface area contributed by atoms with Gasteiger partial charge in [-0.05, 0) is 12.8 Å². The Labute approximate surface area is 151 Å². The van der Waals surface area contributed by atoms with E-state index < -0.39 is 12.0 Å². The molecule has 1 saturated heterocycles. The van der Waals surface area contributed by atoms with Crippen molar-refractivity contribution in [1.29, 1.82) is 0 Å². The number of unbranched alkanes of at least 4 members (excludes halogenated alkanes) is 4. The summed E-state index contributed by atoms with van der Waals surface area (Å²) in [7, 11) is 0. The van der Waals surface area contributed by atoms with Crippen LogP contribution in [-0.4, -0.2) is 59.9 Å². The number of hydrogen-bond acceptors (Lipinski definition) is 4. The van der Waals surface area contributed by atoms with E-state index in [0.717, 1.165) is 38.5 Å². The fourth-order valence-corrected chi connectivity index (χ4v) is 2.97. The number of piperazine rings is 1. The van der Waals surface area contributed by atoms with E-state index in [1.807, 2.05) is 0 Å². The fourth-order valence-electron chi connectivity index (χ4n) is 2.97. The largest absolute Gasteiger partial charge is 0.461 e. The Balaban J connectivity index is 2.80. The average Bonchev–Trinajstić information content (AvgIpc) is 2.59. The van der Waals surface area contributed by atoms with Crippen LogP contribution < -0.4 is 0 Å². The first-order valence-corrected chi connectivity index (χ1v) is 9.39. The lowest BCUT2D eigenvalue weighted by molar-refractivity contribution is -0.160. The van der Waals surface area contributed by atoms with Crippen molar-refractivity contribution in [1.82, 2.24) is 9.80 Å². The molecule has 0 bridgehead atoms. The highest BCUT2D eigenvalue weighted by Gasteiger charge is 2.40. The third kappa shape index (κ3) is 6.88. The number of carbonyl (C=O) groups excluding carboxylic acids is 3. The Bertz CT molecular complexity index is 464. The number of amides is 2. The molecule has 1 rings (SSSR count). The summed E-state index contributed by atoms with van der Waals surface area (Å²) >= 11 is 0. The Morgan fingerprint density at radius 1 is 1.16 bits per heavy atom. The normalized spacial score (nSPS) is 17.8. The van der Waals surface area contributed by atoms with Crippen LogP contribution in [0.4, 0.5) is 0 Å². The molecule has 1 aliphatic rings. The number of esters is 1. The molecule has 0 spiro atoms. The molecule has 0 radical (unpaired) electrons. The molecule has 0 aliphatic carbocycles. The third-order valence-corrected chi connectivity index (χ3v) is 4.38. The molecule has 1 atom stereocenters. The average molecular weight is 352 g/mol. The summed E-state index contributed by atoms with van der Waals surface area (Å²) in [5.74, 6) is -0.682. The first-order valence-electron chi connectivity index (χ1n) is 9.39. The number of nitrogens with zero attached hydrogens (tertiary/aromatic N) is 2. The van der Waals surface area contributed by atoms with E-state index in [9.17, 15) is 14.4 Å². The molecule has 0 aromatic rings. The molecule has 1 unspecified atom stereocenters. The Morgan fingerprint density at radius 3 is 2.40 bits per heavy atom. The monoisotopic (exact) mass is 352 g/mol. The fraction of sp³-hybridized carbons (Fsp3) is 0.737. The van der Waals surface area contributed by atoms with E-state index in [-0.39, 0.29) is 31.4 Å². The molecule has 1 aliphatic heterocycles. The van der Waals surface area contributed by atoms with Crippen LogP contribution >= 0.6 is 0 Å². The molecule has 0 aromatic carbocycles. The first-order chi connectivity index (χ1) is 12.0. The highest BCUT2D eigenvalue weighted by atomic mass is 16.5. The summed E-state index contributed by atoms with van der Waals surface area (Å²) in [4.78, 5) is 40.5. The molecule has 6 nitrogen and oxygen atoms in total. The van der Waals surface area contributed by atoms with Crippen molar-refractivity contribution in [2.24, 2.45) is 0 Å². The van der Waals surface area contributed by atoms with Gasteiger partial charge in [-0.25, -0.2) is 0 Å². The molecular weight excluding hydrogens is 320 g/mol.